The van der Waals surface area contributed by atoms with Gasteiger partial charge in [-0.2, -0.15) is 0 Å². The molecule has 1 fully saturated rings. The Labute approximate surface area is 126 Å². The van der Waals surface area contributed by atoms with Gasteiger partial charge in [0.1, 0.15) is 0 Å². The lowest BCUT2D eigenvalue weighted by atomic mass is 9.96. The van der Waals surface area contributed by atoms with Gasteiger partial charge in [0.15, 0.2) is 0 Å². The minimum Gasteiger partial charge on any atom is -0.425 e. The van der Waals surface area contributed by atoms with Crippen LogP contribution in [0.3, 0.4) is 0 Å². The molecule has 0 atom stereocenters. The number of hydrogen-bond acceptors (Lipinski definition) is 4. The van der Waals surface area contributed by atoms with Crippen LogP contribution in [0.4, 0.5) is 0 Å². The number of benzene rings is 1. The number of hydrogen-bond donors (Lipinski definition) is 0. The van der Waals surface area contributed by atoms with Crippen LogP contribution in [0.2, 0.25) is 0 Å². The maximum Gasteiger partial charge on any atom is 0.219 e. The van der Waals surface area contributed by atoms with Crippen LogP contribution in [0, 0.1) is 0 Å². The molecular weight excluding hydrogens is 262 g/mol. The summed E-state index contributed by atoms with van der Waals surface area (Å²) in [5.74, 6) is 2.33. The molecule has 0 spiro atoms. The molecule has 3 rings (SSSR count). The third-order valence-corrected chi connectivity index (χ3v) is 4.14. The molecule has 0 radical (unpaired) electrons. The molecule has 0 bridgehead atoms. The monoisotopic (exact) mass is 285 g/mol. The second kappa shape index (κ2) is 6.39. The van der Waals surface area contributed by atoms with E-state index in [1.807, 2.05) is 0 Å². The summed E-state index contributed by atoms with van der Waals surface area (Å²) in [7, 11) is 0. The Morgan fingerprint density at radius 2 is 1.86 bits per heavy atom. The van der Waals surface area contributed by atoms with E-state index in [0.717, 1.165) is 44.3 Å². The Kier molecular flexibility index (Phi) is 4.34. The van der Waals surface area contributed by atoms with E-state index in [0.29, 0.717) is 11.8 Å². The third kappa shape index (κ3) is 3.50. The first-order chi connectivity index (χ1) is 10.2. The van der Waals surface area contributed by atoms with Crippen LogP contribution in [0.5, 0.6) is 0 Å². The molecule has 1 aromatic carbocycles. The zero-order chi connectivity index (χ0) is 14.7. The number of nitrogens with zero attached hydrogens (tertiary/aromatic N) is 3. The minimum atomic E-state index is 0.310. The van der Waals surface area contributed by atoms with Gasteiger partial charge < -0.3 is 4.42 Å². The predicted molar refractivity (Wildman–Crippen MR) is 82.1 cm³/mol. The summed E-state index contributed by atoms with van der Waals surface area (Å²) < 4.78 is 5.80. The van der Waals surface area contributed by atoms with Gasteiger partial charge in [0.2, 0.25) is 11.8 Å². The standard InChI is InChI=1S/C17H23N3O/c1-13(2)16-18-19-17(21-16)15-8-10-20(11-9-15)12-14-6-4-3-5-7-14/h3-7,13,15H,8-12H2,1-2H3. The quantitative estimate of drug-likeness (QED) is 0.861. The van der Waals surface area contributed by atoms with E-state index in [1.54, 1.807) is 0 Å². The molecular formula is C17H23N3O. The van der Waals surface area contributed by atoms with E-state index in [-0.39, 0.29) is 0 Å². The van der Waals surface area contributed by atoms with Crippen molar-refractivity contribution in [2.24, 2.45) is 0 Å². The van der Waals surface area contributed by atoms with E-state index >= 15 is 0 Å². The molecule has 4 heteroatoms. The summed E-state index contributed by atoms with van der Waals surface area (Å²) in [5, 5.41) is 8.38. The van der Waals surface area contributed by atoms with Crippen LogP contribution < -0.4 is 0 Å². The van der Waals surface area contributed by atoms with Crippen molar-refractivity contribution in [3.05, 3.63) is 47.7 Å². The molecule has 21 heavy (non-hydrogen) atoms. The molecule has 0 saturated carbocycles. The van der Waals surface area contributed by atoms with E-state index < -0.39 is 0 Å². The van der Waals surface area contributed by atoms with Gasteiger partial charge in [0.05, 0.1) is 0 Å². The van der Waals surface area contributed by atoms with Crippen LogP contribution in [0.25, 0.3) is 0 Å². The fourth-order valence-corrected chi connectivity index (χ4v) is 2.82. The fraction of sp³-hybridized carbons (Fsp3) is 0.529. The molecule has 2 aromatic rings. The van der Waals surface area contributed by atoms with Crippen molar-refractivity contribution in [1.82, 2.24) is 15.1 Å². The Morgan fingerprint density at radius 1 is 1.14 bits per heavy atom. The molecule has 1 aliphatic rings. The smallest absolute Gasteiger partial charge is 0.219 e. The lowest BCUT2D eigenvalue weighted by Gasteiger charge is -2.30. The van der Waals surface area contributed by atoms with Gasteiger partial charge in [-0.1, -0.05) is 44.2 Å². The van der Waals surface area contributed by atoms with Gasteiger partial charge in [0, 0.05) is 18.4 Å². The number of aromatic nitrogens is 2. The summed E-state index contributed by atoms with van der Waals surface area (Å²) in [6, 6.07) is 10.7. The van der Waals surface area contributed by atoms with Crippen LogP contribution in [0.15, 0.2) is 34.7 Å². The maximum absolute atomic E-state index is 5.80. The molecule has 2 heterocycles. The lowest BCUT2D eigenvalue weighted by molar-refractivity contribution is 0.191. The van der Waals surface area contributed by atoms with Gasteiger partial charge in [-0.25, -0.2) is 0 Å². The first kappa shape index (κ1) is 14.3. The van der Waals surface area contributed by atoms with Crippen molar-refractivity contribution in [3.8, 4) is 0 Å². The molecule has 112 valence electrons. The van der Waals surface area contributed by atoms with Gasteiger partial charge in [0.25, 0.3) is 0 Å². The maximum atomic E-state index is 5.80. The van der Waals surface area contributed by atoms with E-state index in [1.165, 1.54) is 5.56 Å². The zero-order valence-corrected chi connectivity index (χ0v) is 12.8. The molecule has 0 N–H and O–H groups in total. The second-order valence-electron chi connectivity index (χ2n) is 6.17. The summed E-state index contributed by atoms with van der Waals surface area (Å²) in [5.41, 5.74) is 1.39. The SMILES string of the molecule is CC(C)c1nnc(C2CCN(Cc3ccccc3)CC2)o1. The fourth-order valence-electron chi connectivity index (χ4n) is 2.82. The van der Waals surface area contributed by atoms with Crippen molar-refractivity contribution in [1.29, 1.82) is 0 Å². The number of piperidine rings is 1. The van der Waals surface area contributed by atoms with Gasteiger partial charge in [-0.15, -0.1) is 10.2 Å². The Morgan fingerprint density at radius 3 is 2.48 bits per heavy atom. The Hall–Kier alpha value is -1.68. The highest BCUT2D eigenvalue weighted by molar-refractivity contribution is 5.14. The molecule has 1 aliphatic heterocycles. The molecule has 1 saturated heterocycles. The van der Waals surface area contributed by atoms with Crippen LogP contribution in [-0.2, 0) is 6.54 Å². The average Bonchev–Trinajstić information content (AvgIpc) is 2.99. The topological polar surface area (TPSA) is 42.2 Å². The van der Waals surface area contributed by atoms with Crippen molar-refractivity contribution >= 4 is 0 Å². The highest BCUT2D eigenvalue weighted by atomic mass is 16.4. The molecule has 4 nitrogen and oxygen atoms in total. The van der Waals surface area contributed by atoms with Gasteiger partial charge in [-0.3, -0.25) is 4.90 Å². The summed E-state index contributed by atoms with van der Waals surface area (Å²) in [6.45, 7) is 7.39. The van der Waals surface area contributed by atoms with E-state index in [9.17, 15) is 0 Å². The van der Waals surface area contributed by atoms with E-state index in [2.05, 4.69) is 59.3 Å². The second-order valence-corrected chi connectivity index (χ2v) is 6.17. The van der Waals surface area contributed by atoms with Crippen molar-refractivity contribution < 1.29 is 4.42 Å². The first-order valence-corrected chi connectivity index (χ1v) is 7.82. The third-order valence-electron chi connectivity index (χ3n) is 4.14. The van der Waals surface area contributed by atoms with Crippen molar-refractivity contribution in [2.75, 3.05) is 13.1 Å². The summed E-state index contributed by atoms with van der Waals surface area (Å²) in [4.78, 5) is 2.51. The largest absolute Gasteiger partial charge is 0.425 e. The molecule has 1 aromatic heterocycles. The summed E-state index contributed by atoms with van der Waals surface area (Å²) >= 11 is 0. The van der Waals surface area contributed by atoms with Gasteiger partial charge >= 0.3 is 0 Å². The Balaban J connectivity index is 1.55. The highest BCUT2D eigenvalue weighted by Crippen LogP contribution is 2.28. The van der Waals surface area contributed by atoms with Crippen molar-refractivity contribution in [3.63, 3.8) is 0 Å². The first-order valence-electron chi connectivity index (χ1n) is 7.82. The van der Waals surface area contributed by atoms with Crippen LogP contribution in [-0.4, -0.2) is 28.2 Å². The zero-order valence-electron chi connectivity index (χ0n) is 12.8. The lowest BCUT2D eigenvalue weighted by Crippen LogP contribution is -2.32. The Bertz CT molecular complexity index is 556. The predicted octanol–water partition coefficient (Wildman–Crippen LogP) is 3.57. The minimum absolute atomic E-state index is 0.310. The highest BCUT2D eigenvalue weighted by Gasteiger charge is 2.25. The van der Waals surface area contributed by atoms with Crippen LogP contribution >= 0.6 is 0 Å². The summed E-state index contributed by atoms with van der Waals surface area (Å²) in [6.07, 6.45) is 2.21. The number of likely N-dealkylation sites (tertiary alicyclic amines) is 1. The van der Waals surface area contributed by atoms with E-state index in [4.69, 9.17) is 4.42 Å². The normalized spacial score (nSPS) is 17.5. The number of rotatable bonds is 4. The average molecular weight is 285 g/mol. The van der Waals surface area contributed by atoms with Gasteiger partial charge in [-0.05, 0) is 31.5 Å². The van der Waals surface area contributed by atoms with Crippen LogP contribution in [0.1, 0.15) is 55.9 Å². The molecule has 0 amide bonds. The molecule has 0 unspecified atom stereocenters. The molecule has 0 aliphatic carbocycles. The van der Waals surface area contributed by atoms with Crippen molar-refractivity contribution in [2.45, 2.75) is 45.1 Å².